The molecule has 0 radical (unpaired) electrons. The average Bonchev–Trinajstić information content (AvgIpc) is 2.95. The first-order valence-corrected chi connectivity index (χ1v) is 5.87. The third kappa shape index (κ3) is 1.49. The zero-order valence-electron chi connectivity index (χ0n) is 9.30. The van der Waals surface area contributed by atoms with Crippen molar-refractivity contribution in [1.29, 1.82) is 0 Å². The number of hydrogen-bond acceptors (Lipinski definition) is 5. The van der Waals surface area contributed by atoms with Crippen LogP contribution in [0.3, 0.4) is 0 Å². The predicted octanol–water partition coefficient (Wildman–Crippen LogP) is 2.48. The monoisotopic (exact) mass is 247 g/mol. The number of nitrogens with zero attached hydrogens (tertiary/aromatic N) is 3. The molecule has 0 unspecified atom stereocenters. The third-order valence-electron chi connectivity index (χ3n) is 2.55. The molecular weight excluding hydrogens is 238 g/mol. The van der Waals surface area contributed by atoms with Crippen LogP contribution in [0.1, 0.15) is 21.1 Å². The molecule has 3 heterocycles. The van der Waals surface area contributed by atoms with E-state index in [1.54, 1.807) is 6.20 Å². The van der Waals surface area contributed by atoms with Gasteiger partial charge in [-0.25, -0.2) is 9.97 Å². The largest absolute Gasteiger partial charge is 0.420 e. The van der Waals surface area contributed by atoms with Gasteiger partial charge in [-0.3, -0.25) is 9.20 Å². The standard InChI is InChI=1S/C11H9N3O2S/c1-6-3-12-11-14(6)4-8(16-11)10-13-7(2)9(5-15)17-10/h3-5H,1-2H3. The van der Waals surface area contributed by atoms with E-state index in [0.717, 1.165) is 17.7 Å². The summed E-state index contributed by atoms with van der Waals surface area (Å²) < 4.78 is 7.43. The van der Waals surface area contributed by atoms with Crippen LogP contribution in [0, 0.1) is 13.8 Å². The van der Waals surface area contributed by atoms with Crippen LogP contribution < -0.4 is 0 Å². The summed E-state index contributed by atoms with van der Waals surface area (Å²) >= 11 is 1.32. The Morgan fingerprint density at radius 2 is 2.29 bits per heavy atom. The van der Waals surface area contributed by atoms with E-state index in [9.17, 15) is 4.79 Å². The maximum atomic E-state index is 10.8. The number of hydrogen-bond donors (Lipinski definition) is 0. The number of rotatable bonds is 2. The molecule has 0 spiro atoms. The van der Waals surface area contributed by atoms with Crippen LogP contribution in [0.2, 0.25) is 0 Å². The molecule has 0 atom stereocenters. The molecule has 0 bridgehead atoms. The zero-order chi connectivity index (χ0) is 12.0. The second kappa shape index (κ2) is 3.53. The topological polar surface area (TPSA) is 60.4 Å². The molecular formula is C11H9N3O2S. The van der Waals surface area contributed by atoms with Crippen LogP contribution in [0.5, 0.6) is 0 Å². The Balaban J connectivity index is 2.16. The van der Waals surface area contributed by atoms with Gasteiger partial charge in [0.2, 0.25) is 0 Å². The highest BCUT2D eigenvalue weighted by atomic mass is 32.1. The lowest BCUT2D eigenvalue weighted by Gasteiger charge is -1.85. The average molecular weight is 247 g/mol. The van der Waals surface area contributed by atoms with Crippen molar-refractivity contribution in [3.63, 3.8) is 0 Å². The van der Waals surface area contributed by atoms with Crippen LogP contribution in [0.4, 0.5) is 0 Å². The Morgan fingerprint density at radius 3 is 2.94 bits per heavy atom. The predicted molar refractivity (Wildman–Crippen MR) is 63.4 cm³/mol. The minimum atomic E-state index is 0.540. The number of aromatic nitrogens is 3. The minimum absolute atomic E-state index is 0.540. The van der Waals surface area contributed by atoms with Crippen molar-refractivity contribution >= 4 is 23.5 Å². The highest BCUT2D eigenvalue weighted by Gasteiger charge is 2.14. The van der Waals surface area contributed by atoms with Crippen LogP contribution >= 0.6 is 11.3 Å². The van der Waals surface area contributed by atoms with Gasteiger partial charge in [-0.05, 0) is 13.8 Å². The van der Waals surface area contributed by atoms with Crippen LogP contribution in [-0.4, -0.2) is 20.7 Å². The second-order valence-electron chi connectivity index (χ2n) is 3.73. The van der Waals surface area contributed by atoms with Gasteiger partial charge in [0, 0.05) is 5.69 Å². The number of carbonyl (C=O) groups excluding carboxylic acids is 1. The van der Waals surface area contributed by atoms with E-state index >= 15 is 0 Å². The molecule has 5 nitrogen and oxygen atoms in total. The Morgan fingerprint density at radius 1 is 1.47 bits per heavy atom. The van der Waals surface area contributed by atoms with E-state index in [1.807, 2.05) is 24.4 Å². The fourth-order valence-corrected chi connectivity index (χ4v) is 2.45. The number of thiazole rings is 1. The zero-order valence-corrected chi connectivity index (χ0v) is 10.1. The Labute approximate surface area is 101 Å². The summed E-state index contributed by atoms with van der Waals surface area (Å²) in [6.07, 6.45) is 4.40. The molecule has 3 aromatic heterocycles. The van der Waals surface area contributed by atoms with E-state index in [2.05, 4.69) is 9.97 Å². The summed E-state index contributed by atoms with van der Waals surface area (Å²) in [7, 11) is 0. The van der Waals surface area contributed by atoms with Crippen molar-refractivity contribution in [2.75, 3.05) is 0 Å². The summed E-state index contributed by atoms with van der Waals surface area (Å²) in [5, 5.41) is 0.703. The van der Waals surface area contributed by atoms with E-state index < -0.39 is 0 Å². The lowest BCUT2D eigenvalue weighted by atomic mass is 10.4. The Bertz CT molecular complexity index is 708. The van der Waals surface area contributed by atoms with Crippen LogP contribution in [-0.2, 0) is 0 Å². The molecule has 86 valence electrons. The van der Waals surface area contributed by atoms with Gasteiger partial charge in [-0.1, -0.05) is 0 Å². The second-order valence-corrected chi connectivity index (χ2v) is 4.76. The summed E-state index contributed by atoms with van der Waals surface area (Å²) in [6.45, 7) is 3.76. The van der Waals surface area contributed by atoms with E-state index in [-0.39, 0.29) is 0 Å². The molecule has 6 heteroatoms. The number of aryl methyl sites for hydroxylation is 2. The molecule has 0 saturated heterocycles. The van der Waals surface area contributed by atoms with Crippen molar-refractivity contribution in [3.05, 3.63) is 28.7 Å². The number of aldehydes is 1. The van der Waals surface area contributed by atoms with Crippen molar-refractivity contribution in [2.45, 2.75) is 13.8 Å². The van der Waals surface area contributed by atoms with E-state index in [0.29, 0.717) is 21.5 Å². The normalized spacial score (nSPS) is 11.2. The van der Waals surface area contributed by atoms with Gasteiger partial charge in [-0.15, -0.1) is 11.3 Å². The number of oxazole rings is 1. The van der Waals surface area contributed by atoms with Crippen molar-refractivity contribution in [3.8, 4) is 10.8 Å². The molecule has 17 heavy (non-hydrogen) atoms. The van der Waals surface area contributed by atoms with Crippen molar-refractivity contribution < 1.29 is 9.21 Å². The SMILES string of the molecule is Cc1nc(-c2cn3c(C)cnc3o2)sc1C=O. The Hall–Kier alpha value is -1.95. The molecule has 0 saturated carbocycles. The quantitative estimate of drug-likeness (QED) is 0.653. The molecule has 0 fully saturated rings. The van der Waals surface area contributed by atoms with E-state index in [4.69, 9.17) is 4.42 Å². The minimum Gasteiger partial charge on any atom is -0.420 e. The fraction of sp³-hybridized carbons (Fsp3) is 0.182. The lowest BCUT2D eigenvalue weighted by molar-refractivity contribution is 0.112. The summed E-state index contributed by atoms with van der Waals surface area (Å²) in [5.41, 5.74) is 1.73. The molecule has 0 aliphatic rings. The van der Waals surface area contributed by atoms with Gasteiger partial charge in [0.25, 0.3) is 0 Å². The third-order valence-corrected chi connectivity index (χ3v) is 3.64. The summed E-state index contributed by atoms with van der Waals surface area (Å²) in [4.78, 5) is 19.8. The lowest BCUT2D eigenvalue weighted by Crippen LogP contribution is -1.79. The first-order chi connectivity index (χ1) is 8.19. The first-order valence-electron chi connectivity index (χ1n) is 5.05. The van der Waals surface area contributed by atoms with Gasteiger partial charge >= 0.3 is 5.84 Å². The van der Waals surface area contributed by atoms with Crippen LogP contribution in [0.15, 0.2) is 16.8 Å². The van der Waals surface area contributed by atoms with E-state index in [1.165, 1.54) is 11.3 Å². The van der Waals surface area contributed by atoms with Gasteiger partial charge in [0.05, 0.1) is 23.0 Å². The highest BCUT2D eigenvalue weighted by molar-refractivity contribution is 7.16. The molecule has 3 aromatic rings. The molecule has 0 amide bonds. The highest BCUT2D eigenvalue weighted by Crippen LogP contribution is 2.28. The van der Waals surface area contributed by atoms with Crippen LogP contribution in [0.25, 0.3) is 16.6 Å². The maximum absolute atomic E-state index is 10.8. The molecule has 0 N–H and O–H groups in total. The van der Waals surface area contributed by atoms with Gasteiger partial charge in [0.15, 0.2) is 17.1 Å². The fourth-order valence-electron chi connectivity index (χ4n) is 1.62. The van der Waals surface area contributed by atoms with Gasteiger partial charge < -0.3 is 4.42 Å². The van der Waals surface area contributed by atoms with Gasteiger partial charge in [-0.2, -0.15) is 0 Å². The number of imidazole rings is 1. The molecule has 0 aliphatic carbocycles. The van der Waals surface area contributed by atoms with Gasteiger partial charge in [0.1, 0.15) is 0 Å². The molecule has 0 aliphatic heterocycles. The smallest absolute Gasteiger partial charge is 0.306 e. The Kier molecular flexibility index (Phi) is 2.12. The van der Waals surface area contributed by atoms with Crippen molar-refractivity contribution in [1.82, 2.24) is 14.4 Å². The number of carbonyl (C=O) groups is 1. The molecule has 0 aromatic carbocycles. The number of fused-ring (bicyclic) bond motifs is 1. The summed E-state index contributed by atoms with van der Waals surface area (Å²) in [5.74, 6) is 1.18. The van der Waals surface area contributed by atoms with Crippen molar-refractivity contribution in [2.24, 2.45) is 0 Å². The maximum Gasteiger partial charge on any atom is 0.306 e. The first kappa shape index (κ1) is 10.2. The summed E-state index contributed by atoms with van der Waals surface area (Å²) in [6, 6.07) is 0. The molecule has 3 rings (SSSR count).